The van der Waals surface area contributed by atoms with Crippen molar-refractivity contribution in [2.24, 2.45) is 5.92 Å². The summed E-state index contributed by atoms with van der Waals surface area (Å²) >= 11 is 0. The van der Waals surface area contributed by atoms with Crippen LogP contribution in [-0.2, 0) is 0 Å². The summed E-state index contributed by atoms with van der Waals surface area (Å²) in [6.45, 7) is 5.00. The third-order valence-corrected chi connectivity index (χ3v) is 4.25. The zero-order valence-corrected chi connectivity index (χ0v) is 13.0. The summed E-state index contributed by atoms with van der Waals surface area (Å²) in [5.41, 5.74) is 1.38. The minimum Gasteiger partial charge on any atom is -0.356 e. The van der Waals surface area contributed by atoms with Gasteiger partial charge < -0.3 is 9.42 Å². The highest BCUT2D eigenvalue weighted by molar-refractivity contribution is 5.96. The Bertz CT molecular complexity index is 615. The monoisotopic (exact) mass is 298 g/mol. The first-order valence-corrected chi connectivity index (χ1v) is 8.03. The number of piperidine rings is 1. The molecule has 0 amide bonds. The summed E-state index contributed by atoms with van der Waals surface area (Å²) < 4.78 is 5.33. The molecule has 4 nitrogen and oxygen atoms in total. The van der Waals surface area contributed by atoms with Crippen molar-refractivity contribution < 1.29 is 9.32 Å². The normalized spacial score (nSPS) is 17.3. The highest BCUT2D eigenvalue weighted by atomic mass is 16.5. The number of hydrogen-bond donors (Lipinski definition) is 0. The largest absolute Gasteiger partial charge is 0.356 e. The molecule has 3 rings (SSSR count). The van der Waals surface area contributed by atoms with Crippen molar-refractivity contribution in [3.8, 4) is 11.3 Å². The average Bonchev–Trinajstić information content (AvgIpc) is 3.06. The lowest BCUT2D eigenvalue weighted by Crippen LogP contribution is -2.35. The predicted octanol–water partition coefficient (Wildman–Crippen LogP) is 3.65. The van der Waals surface area contributed by atoms with Crippen LogP contribution in [0.3, 0.4) is 0 Å². The first-order chi connectivity index (χ1) is 10.7. The minimum atomic E-state index is -0.0492. The highest BCUT2D eigenvalue weighted by Crippen LogP contribution is 2.21. The molecule has 1 atom stereocenters. The molecule has 2 aromatic rings. The minimum absolute atomic E-state index is 0.0492. The average molecular weight is 298 g/mol. The molecule has 0 spiro atoms. The number of ketones is 1. The van der Waals surface area contributed by atoms with E-state index >= 15 is 0 Å². The maximum Gasteiger partial charge on any atom is 0.188 e. The molecular weight excluding hydrogens is 276 g/mol. The van der Waals surface area contributed by atoms with E-state index in [0.29, 0.717) is 11.5 Å². The SMILES string of the molecule is CC(CN1CCCCC1)C(=O)c1cc(-c2ccccc2)on1. The zero-order valence-electron chi connectivity index (χ0n) is 13.0. The number of likely N-dealkylation sites (tertiary alicyclic amines) is 1. The van der Waals surface area contributed by atoms with Crippen molar-refractivity contribution in [1.82, 2.24) is 10.1 Å². The predicted molar refractivity (Wildman–Crippen MR) is 85.7 cm³/mol. The summed E-state index contributed by atoms with van der Waals surface area (Å²) in [5.74, 6) is 0.664. The standard InChI is InChI=1S/C18H22N2O2/c1-14(13-20-10-6-3-7-11-20)18(21)16-12-17(22-19-16)15-8-4-2-5-9-15/h2,4-5,8-9,12,14H,3,6-7,10-11,13H2,1H3. The Morgan fingerprint density at radius 1 is 1.23 bits per heavy atom. The van der Waals surface area contributed by atoms with Crippen molar-refractivity contribution in [3.05, 3.63) is 42.1 Å². The Morgan fingerprint density at radius 3 is 2.68 bits per heavy atom. The van der Waals surface area contributed by atoms with Gasteiger partial charge in [0.25, 0.3) is 0 Å². The van der Waals surface area contributed by atoms with E-state index in [1.165, 1.54) is 19.3 Å². The summed E-state index contributed by atoms with van der Waals surface area (Å²) in [6, 6.07) is 11.5. The van der Waals surface area contributed by atoms with E-state index in [0.717, 1.165) is 25.2 Å². The fourth-order valence-electron chi connectivity index (χ4n) is 2.99. The van der Waals surface area contributed by atoms with Gasteiger partial charge in [-0.15, -0.1) is 0 Å². The molecule has 0 bridgehead atoms. The van der Waals surface area contributed by atoms with Crippen LogP contribution in [0.15, 0.2) is 40.9 Å². The van der Waals surface area contributed by atoms with Gasteiger partial charge in [-0.1, -0.05) is 48.8 Å². The second-order valence-electron chi connectivity index (χ2n) is 6.07. The second-order valence-corrected chi connectivity index (χ2v) is 6.07. The molecule has 1 saturated heterocycles. The van der Waals surface area contributed by atoms with E-state index < -0.39 is 0 Å². The number of nitrogens with zero attached hydrogens (tertiary/aromatic N) is 2. The van der Waals surface area contributed by atoms with Gasteiger partial charge in [-0.2, -0.15) is 0 Å². The van der Waals surface area contributed by atoms with E-state index in [1.54, 1.807) is 6.07 Å². The number of Topliss-reactive ketones (excluding diaryl/α,β-unsaturated/α-hetero) is 1. The third kappa shape index (κ3) is 3.45. The fourth-order valence-corrected chi connectivity index (χ4v) is 2.99. The molecule has 1 aromatic heterocycles. The quantitative estimate of drug-likeness (QED) is 0.791. The molecule has 0 saturated carbocycles. The maximum atomic E-state index is 12.5. The smallest absolute Gasteiger partial charge is 0.188 e. The maximum absolute atomic E-state index is 12.5. The van der Waals surface area contributed by atoms with Crippen LogP contribution in [-0.4, -0.2) is 35.5 Å². The lowest BCUT2D eigenvalue weighted by molar-refractivity contribution is 0.0874. The number of carbonyl (C=O) groups excluding carboxylic acids is 1. The number of benzene rings is 1. The molecule has 22 heavy (non-hydrogen) atoms. The molecule has 0 radical (unpaired) electrons. The topological polar surface area (TPSA) is 46.3 Å². The molecule has 0 N–H and O–H groups in total. The number of rotatable bonds is 5. The summed E-state index contributed by atoms with van der Waals surface area (Å²) in [7, 11) is 0. The van der Waals surface area contributed by atoms with Crippen molar-refractivity contribution in [1.29, 1.82) is 0 Å². The first kappa shape index (κ1) is 15.0. The van der Waals surface area contributed by atoms with Gasteiger partial charge in [0.1, 0.15) is 0 Å². The number of aromatic nitrogens is 1. The van der Waals surface area contributed by atoms with E-state index in [4.69, 9.17) is 4.52 Å². The Morgan fingerprint density at radius 2 is 1.95 bits per heavy atom. The number of carbonyl (C=O) groups is 1. The Balaban J connectivity index is 1.66. The molecule has 1 aromatic carbocycles. The fraction of sp³-hybridized carbons (Fsp3) is 0.444. The van der Waals surface area contributed by atoms with Crippen molar-refractivity contribution in [2.45, 2.75) is 26.2 Å². The first-order valence-electron chi connectivity index (χ1n) is 8.03. The van der Waals surface area contributed by atoms with Crippen molar-refractivity contribution >= 4 is 5.78 Å². The third-order valence-electron chi connectivity index (χ3n) is 4.25. The summed E-state index contributed by atoms with van der Waals surface area (Å²) in [4.78, 5) is 14.9. The van der Waals surface area contributed by atoms with Gasteiger partial charge in [-0.25, -0.2) is 0 Å². The van der Waals surface area contributed by atoms with E-state index in [2.05, 4.69) is 10.1 Å². The van der Waals surface area contributed by atoms with Crippen LogP contribution >= 0.6 is 0 Å². The van der Waals surface area contributed by atoms with E-state index in [9.17, 15) is 4.79 Å². The van der Waals surface area contributed by atoms with Gasteiger partial charge in [0.15, 0.2) is 17.2 Å². The van der Waals surface area contributed by atoms with Gasteiger partial charge in [0.2, 0.25) is 0 Å². The molecule has 1 aliphatic rings. The lowest BCUT2D eigenvalue weighted by Gasteiger charge is -2.28. The second kappa shape index (κ2) is 6.88. The Labute approximate surface area is 131 Å². The van der Waals surface area contributed by atoms with Crippen LogP contribution < -0.4 is 0 Å². The molecular formula is C18H22N2O2. The Hall–Kier alpha value is -1.94. The highest BCUT2D eigenvalue weighted by Gasteiger charge is 2.23. The molecule has 2 heterocycles. The van der Waals surface area contributed by atoms with Crippen molar-refractivity contribution in [3.63, 3.8) is 0 Å². The van der Waals surface area contributed by atoms with Gasteiger partial charge in [-0.05, 0) is 25.9 Å². The van der Waals surface area contributed by atoms with Gasteiger partial charge >= 0.3 is 0 Å². The lowest BCUT2D eigenvalue weighted by atomic mass is 10.0. The van der Waals surface area contributed by atoms with E-state index in [1.807, 2.05) is 37.3 Å². The molecule has 1 unspecified atom stereocenters. The van der Waals surface area contributed by atoms with Crippen LogP contribution in [0, 0.1) is 5.92 Å². The van der Waals surface area contributed by atoms with Gasteiger partial charge in [-0.3, -0.25) is 4.79 Å². The summed E-state index contributed by atoms with van der Waals surface area (Å²) in [6.07, 6.45) is 3.79. The van der Waals surface area contributed by atoms with Crippen LogP contribution in [0.2, 0.25) is 0 Å². The van der Waals surface area contributed by atoms with Crippen LogP contribution in [0.5, 0.6) is 0 Å². The number of hydrogen-bond acceptors (Lipinski definition) is 4. The van der Waals surface area contributed by atoms with Crippen LogP contribution in [0.1, 0.15) is 36.7 Å². The summed E-state index contributed by atoms with van der Waals surface area (Å²) in [5, 5.41) is 3.96. The molecule has 1 fully saturated rings. The molecule has 0 aliphatic carbocycles. The van der Waals surface area contributed by atoms with Gasteiger partial charge in [0.05, 0.1) is 0 Å². The van der Waals surface area contributed by atoms with E-state index in [-0.39, 0.29) is 11.7 Å². The Kier molecular flexibility index (Phi) is 4.68. The molecule has 1 aliphatic heterocycles. The van der Waals surface area contributed by atoms with Gasteiger partial charge in [0, 0.05) is 24.1 Å². The molecule has 4 heteroatoms. The zero-order chi connectivity index (χ0) is 15.4. The molecule has 116 valence electrons. The van der Waals surface area contributed by atoms with Crippen molar-refractivity contribution in [2.75, 3.05) is 19.6 Å². The van der Waals surface area contributed by atoms with Crippen LogP contribution in [0.25, 0.3) is 11.3 Å². The van der Waals surface area contributed by atoms with Crippen LogP contribution in [0.4, 0.5) is 0 Å².